The lowest BCUT2D eigenvalue weighted by Gasteiger charge is -2.38. The van der Waals surface area contributed by atoms with Crippen molar-refractivity contribution >= 4 is 11.9 Å². The molecule has 3 atom stereocenters. The fourth-order valence-electron chi connectivity index (χ4n) is 2.52. The van der Waals surface area contributed by atoms with Crippen LogP contribution in [-0.2, 0) is 4.74 Å². The Kier molecular flexibility index (Phi) is 2.39. The number of hydrogen-bond donors (Lipinski definition) is 1. The van der Waals surface area contributed by atoms with Crippen molar-refractivity contribution in [1.29, 1.82) is 0 Å². The zero-order valence-corrected chi connectivity index (χ0v) is 9.43. The van der Waals surface area contributed by atoms with E-state index in [1.807, 2.05) is 6.92 Å². The van der Waals surface area contributed by atoms with Crippen molar-refractivity contribution in [3.8, 4) is 12.3 Å². The Morgan fingerprint density at radius 2 is 2.50 bits per heavy atom. The number of terminal acetylenes is 1. The number of nitrogens with zero attached hydrogens (tertiary/aromatic N) is 2. The van der Waals surface area contributed by atoms with E-state index in [-0.39, 0.29) is 18.2 Å². The molecule has 1 fully saturated rings. The summed E-state index contributed by atoms with van der Waals surface area (Å²) in [7, 11) is 0. The number of carbonyl (C=O) groups is 1. The zero-order valence-electron chi connectivity index (χ0n) is 9.43. The minimum atomic E-state index is -0.636. The van der Waals surface area contributed by atoms with Gasteiger partial charge in [0.05, 0.1) is 12.1 Å². The van der Waals surface area contributed by atoms with E-state index in [1.165, 1.54) is 0 Å². The first-order valence-corrected chi connectivity index (χ1v) is 5.29. The Hall–Kier alpha value is -1.54. The van der Waals surface area contributed by atoms with Crippen LogP contribution in [0.1, 0.15) is 20.3 Å². The van der Waals surface area contributed by atoms with Gasteiger partial charge in [-0.2, -0.15) is 4.99 Å². The second-order valence-corrected chi connectivity index (χ2v) is 4.18. The number of rotatable bonds is 1. The number of amidine groups is 1. The van der Waals surface area contributed by atoms with Gasteiger partial charge in [-0.3, -0.25) is 4.90 Å². The fraction of sp³-hybridized carbons (Fsp3) is 0.636. The summed E-state index contributed by atoms with van der Waals surface area (Å²) in [4.78, 5) is 17.2. The average Bonchev–Trinajstić information content (AvgIpc) is 2.72. The number of aliphatic imine (C=N–C) groups is 1. The summed E-state index contributed by atoms with van der Waals surface area (Å²) in [5.74, 6) is 2.87. The monoisotopic (exact) mass is 221 g/mol. The maximum atomic E-state index is 11.8. The van der Waals surface area contributed by atoms with Crippen molar-refractivity contribution in [2.24, 2.45) is 10.7 Å². The summed E-state index contributed by atoms with van der Waals surface area (Å²) in [5, 5.41) is 0. The van der Waals surface area contributed by atoms with Crippen LogP contribution < -0.4 is 5.73 Å². The van der Waals surface area contributed by atoms with E-state index in [4.69, 9.17) is 16.9 Å². The predicted octanol–water partition coefficient (Wildman–Crippen LogP) is 0.349. The first kappa shape index (κ1) is 11.0. The highest BCUT2D eigenvalue weighted by molar-refractivity contribution is 6.06. The number of hydrogen-bond acceptors (Lipinski definition) is 3. The van der Waals surface area contributed by atoms with Crippen molar-refractivity contribution in [2.75, 3.05) is 6.61 Å². The van der Waals surface area contributed by atoms with E-state index >= 15 is 0 Å². The van der Waals surface area contributed by atoms with Gasteiger partial charge in [0, 0.05) is 13.0 Å². The van der Waals surface area contributed by atoms with Crippen LogP contribution in [0.4, 0.5) is 4.79 Å². The number of ether oxygens (including phenoxy) is 1. The largest absolute Gasteiger partial charge is 0.385 e. The highest BCUT2D eigenvalue weighted by Crippen LogP contribution is 2.37. The number of nitrogens with two attached hydrogens (primary N) is 1. The molecule has 0 radical (unpaired) electrons. The second-order valence-electron chi connectivity index (χ2n) is 4.18. The number of urea groups is 1. The molecule has 0 aliphatic carbocycles. The van der Waals surface area contributed by atoms with Crippen LogP contribution >= 0.6 is 0 Å². The highest BCUT2D eigenvalue weighted by atomic mass is 16.5. The van der Waals surface area contributed by atoms with Gasteiger partial charge in [0.1, 0.15) is 11.4 Å². The van der Waals surface area contributed by atoms with Gasteiger partial charge in [0.2, 0.25) is 0 Å². The lowest BCUT2D eigenvalue weighted by Crippen LogP contribution is -2.60. The molecule has 2 aliphatic heterocycles. The molecule has 2 N–H and O–H groups in total. The summed E-state index contributed by atoms with van der Waals surface area (Å²) in [6.07, 6.45) is 5.87. The molecule has 2 aliphatic rings. The second kappa shape index (κ2) is 3.49. The Bertz CT molecular complexity index is 399. The molecular weight excluding hydrogens is 206 g/mol. The third-order valence-corrected chi connectivity index (χ3v) is 3.45. The maximum absolute atomic E-state index is 11.8. The zero-order chi connectivity index (χ0) is 11.9. The number of amides is 2. The van der Waals surface area contributed by atoms with Crippen LogP contribution in [-0.4, -0.2) is 41.1 Å². The molecule has 0 aromatic heterocycles. The molecule has 0 aromatic carbocycles. The van der Waals surface area contributed by atoms with E-state index in [1.54, 1.807) is 11.8 Å². The van der Waals surface area contributed by atoms with Gasteiger partial charge in [-0.15, -0.1) is 6.42 Å². The van der Waals surface area contributed by atoms with E-state index < -0.39 is 5.54 Å². The average molecular weight is 221 g/mol. The van der Waals surface area contributed by atoms with Gasteiger partial charge >= 0.3 is 6.03 Å². The summed E-state index contributed by atoms with van der Waals surface area (Å²) in [6.45, 7) is 4.25. The summed E-state index contributed by atoms with van der Waals surface area (Å²) >= 11 is 0. The first-order chi connectivity index (χ1) is 7.54. The Morgan fingerprint density at radius 3 is 3.00 bits per heavy atom. The molecule has 0 aromatic rings. The minimum absolute atomic E-state index is 0.168. The van der Waals surface area contributed by atoms with Crippen LogP contribution in [0.25, 0.3) is 0 Å². The third-order valence-electron chi connectivity index (χ3n) is 3.45. The lowest BCUT2D eigenvalue weighted by atomic mass is 9.88. The standard InChI is InChI=1S/C11H15N3O2/c1-4-7(2)14-10(15)13-9(12)11(14)5-6-16-8(11)3/h1,7-8H,5-6H2,2-3H3,(H2,12,13,15). The summed E-state index contributed by atoms with van der Waals surface area (Å²) < 4.78 is 5.51. The van der Waals surface area contributed by atoms with Crippen LogP contribution in [0.2, 0.25) is 0 Å². The molecule has 5 nitrogen and oxygen atoms in total. The molecular formula is C11H15N3O2. The molecule has 16 heavy (non-hydrogen) atoms. The summed E-state index contributed by atoms with van der Waals surface area (Å²) in [6, 6.07) is -0.693. The van der Waals surface area contributed by atoms with Gasteiger partial charge in [-0.1, -0.05) is 5.92 Å². The predicted molar refractivity (Wildman–Crippen MR) is 59.9 cm³/mol. The third kappa shape index (κ3) is 1.17. The van der Waals surface area contributed by atoms with Crippen LogP contribution in [0.5, 0.6) is 0 Å². The van der Waals surface area contributed by atoms with Crippen LogP contribution in [0, 0.1) is 12.3 Å². The lowest BCUT2D eigenvalue weighted by molar-refractivity contribution is 0.0634. The molecule has 1 saturated heterocycles. The molecule has 5 heteroatoms. The van der Waals surface area contributed by atoms with Gasteiger partial charge in [0.25, 0.3) is 0 Å². The van der Waals surface area contributed by atoms with Gasteiger partial charge in [0.15, 0.2) is 0 Å². The number of carbonyl (C=O) groups excluding carboxylic acids is 1. The van der Waals surface area contributed by atoms with Crippen LogP contribution in [0.15, 0.2) is 4.99 Å². The highest BCUT2D eigenvalue weighted by Gasteiger charge is 2.56. The molecule has 0 bridgehead atoms. The quantitative estimate of drug-likeness (QED) is 0.649. The van der Waals surface area contributed by atoms with Crippen LogP contribution in [0.3, 0.4) is 0 Å². The first-order valence-electron chi connectivity index (χ1n) is 5.29. The van der Waals surface area contributed by atoms with Crippen molar-refractivity contribution in [3.05, 3.63) is 0 Å². The fourth-order valence-corrected chi connectivity index (χ4v) is 2.52. The molecule has 1 spiro atoms. The van der Waals surface area contributed by atoms with Crippen molar-refractivity contribution in [3.63, 3.8) is 0 Å². The molecule has 2 rings (SSSR count). The Labute approximate surface area is 94.6 Å². The van der Waals surface area contributed by atoms with Crippen molar-refractivity contribution in [1.82, 2.24) is 4.90 Å². The van der Waals surface area contributed by atoms with Crippen molar-refractivity contribution < 1.29 is 9.53 Å². The maximum Gasteiger partial charge on any atom is 0.347 e. The Balaban J connectivity index is 2.45. The molecule has 86 valence electrons. The normalized spacial score (nSPS) is 35.3. The smallest absolute Gasteiger partial charge is 0.347 e. The molecule has 3 unspecified atom stereocenters. The van der Waals surface area contributed by atoms with E-state index in [0.717, 1.165) is 0 Å². The van der Waals surface area contributed by atoms with E-state index in [9.17, 15) is 4.79 Å². The summed E-state index contributed by atoms with van der Waals surface area (Å²) in [5.41, 5.74) is 5.24. The molecule has 0 saturated carbocycles. The topological polar surface area (TPSA) is 67.9 Å². The van der Waals surface area contributed by atoms with E-state index in [2.05, 4.69) is 10.9 Å². The SMILES string of the molecule is C#CC(C)N1C(=O)N=C(N)C12CCOC2C. The van der Waals surface area contributed by atoms with Gasteiger partial charge < -0.3 is 10.5 Å². The molecule has 2 heterocycles. The van der Waals surface area contributed by atoms with E-state index in [0.29, 0.717) is 18.9 Å². The molecule has 2 amide bonds. The van der Waals surface area contributed by atoms with Gasteiger partial charge in [-0.05, 0) is 13.8 Å². The Morgan fingerprint density at radius 1 is 1.81 bits per heavy atom. The minimum Gasteiger partial charge on any atom is -0.385 e. The van der Waals surface area contributed by atoms with Gasteiger partial charge in [-0.25, -0.2) is 4.79 Å². The van der Waals surface area contributed by atoms with Crippen molar-refractivity contribution in [2.45, 2.75) is 38.0 Å².